The smallest absolute Gasteiger partial charge is 0.253 e. The maximum absolute atomic E-state index is 13.3. The van der Waals surface area contributed by atoms with E-state index in [-0.39, 0.29) is 5.91 Å². The van der Waals surface area contributed by atoms with Crippen molar-refractivity contribution in [3.05, 3.63) is 29.3 Å². The molecule has 2 heterocycles. The first-order valence-electron chi connectivity index (χ1n) is 11.1. The molecular weight excluding hydrogens is 402 g/mol. The third-order valence-corrected chi connectivity index (χ3v) is 7.12. The molecule has 0 N–H and O–H groups in total. The van der Waals surface area contributed by atoms with Crippen LogP contribution in [0.5, 0.6) is 0 Å². The molecule has 0 aromatic heterocycles. The Hall–Kier alpha value is -1.64. The van der Waals surface area contributed by atoms with Gasteiger partial charge in [0.1, 0.15) is 0 Å². The number of fused-ring (bicyclic) bond motifs is 1. The number of nitrogens with zero attached hydrogens (tertiary/aromatic N) is 3. The number of carbonyl (C=O) groups excluding carboxylic acids is 1. The number of carbonyl (C=O) groups is 1. The molecule has 1 amide bonds. The summed E-state index contributed by atoms with van der Waals surface area (Å²) < 4.78 is 30.8. The summed E-state index contributed by atoms with van der Waals surface area (Å²) >= 11 is 0. The number of benzene rings is 1. The van der Waals surface area contributed by atoms with Crippen LogP contribution in [0.1, 0.15) is 48.5 Å². The molecule has 0 bridgehead atoms. The summed E-state index contributed by atoms with van der Waals surface area (Å²) in [6.07, 6.45) is 6.37. The van der Waals surface area contributed by atoms with Gasteiger partial charge >= 0.3 is 0 Å². The Kier molecular flexibility index (Phi) is 8.13. The van der Waals surface area contributed by atoms with Gasteiger partial charge in [-0.3, -0.25) is 14.0 Å². The number of unbranched alkanes of at least 4 members (excludes halogenated alkanes) is 3. The molecule has 3 rings (SSSR count). The lowest BCUT2D eigenvalue weighted by molar-refractivity contribution is 0.0324. The first-order valence-corrected chi connectivity index (χ1v) is 12.9. The standard InChI is InChI=1S/C22H35N3O4S/c1-3-4-5-6-10-24(13-12-23-14-16-29-17-15-23)22(26)20-7-8-21-19(18-20)9-11-25(21)30(2,27)28/h7-8,18H,3-6,9-17H2,1-2H3. The van der Waals surface area contributed by atoms with Gasteiger partial charge in [-0.25, -0.2) is 8.42 Å². The summed E-state index contributed by atoms with van der Waals surface area (Å²) in [6.45, 7) is 8.30. The van der Waals surface area contributed by atoms with Crippen LogP contribution in [0, 0.1) is 0 Å². The lowest BCUT2D eigenvalue weighted by Gasteiger charge is -2.30. The third kappa shape index (κ3) is 5.95. The number of hydrogen-bond acceptors (Lipinski definition) is 5. The number of amides is 1. The fraction of sp³-hybridized carbons (Fsp3) is 0.682. The van der Waals surface area contributed by atoms with Gasteiger partial charge in [-0.1, -0.05) is 26.2 Å². The summed E-state index contributed by atoms with van der Waals surface area (Å²) in [4.78, 5) is 17.6. The highest BCUT2D eigenvalue weighted by molar-refractivity contribution is 7.92. The molecule has 1 saturated heterocycles. The van der Waals surface area contributed by atoms with Gasteiger partial charge in [0.2, 0.25) is 10.0 Å². The quantitative estimate of drug-likeness (QED) is 0.526. The van der Waals surface area contributed by atoms with E-state index in [1.165, 1.54) is 23.4 Å². The average molecular weight is 438 g/mol. The molecule has 0 radical (unpaired) electrons. The van der Waals surface area contributed by atoms with Crippen LogP contribution in [-0.2, 0) is 21.2 Å². The van der Waals surface area contributed by atoms with Gasteiger partial charge in [0.05, 0.1) is 25.2 Å². The Morgan fingerprint density at radius 2 is 1.87 bits per heavy atom. The maximum atomic E-state index is 13.3. The van der Waals surface area contributed by atoms with Crippen molar-refractivity contribution >= 4 is 21.6 Å². The summed E-state index contributed by atoms with van der Waals surface area (Å²) in [5.41, 5.74) is 2.30. The zero-order valence-electron chi connectivity index (χ0n) is 18.3. The largest absolute Gasteiger partial charge is 0.379 e. The van der Waals surface area contributed by atoms with Crippen LogP contribution in [0.3, 0.4) is 0 Å². The Balaban J connectivity index is 1.69. The third-order valence-electron chi connectivity index (χ3n) is 5.94. The topological polar surface area (TPSA) is 70.2 Å². The Morgan fingerprint density at radius 1 is 1.10 bits per heavy atom. The Morgan fingerprint density at radius 3 is 2.57 bits per heavy atom. The number of anilines is 1. The first kappa shape index (κ1) is 23.0. The highest BCUT2D eigenvalue weighted by atomic mass is 32.2. The van der Waals surface area contributed by atoms with Gasteiger partial charge in [-0.15, -0.1) is 0 Å². The number of hydrogen-bond donors (Lipinski definition) is 0. The van der Waals surface area contributed by atoms with E-state index in [1.807, 2.05) is 11.0 Å². The zero-order chi connectivity index (χ0) is 21.6. The van der Waals surface area contributed by atoms with E-state index in [0.29, 0.717) is 30.8 Å². The molecule has 2 aliphatic heterocycles. The van der Waals surface area contributed by atoms with E-state index >= 15 is 0 Å². The van der Waals surface area contributed by atoms with Gasteiger partial charge in [-0.2, -0.15) is 0 Å². The fourth-order valence-electron chi connectivity index (χ4n) is 4.16. The summed E-state index contributed by atoms with van der Waals surface area (Å²) in [5.74, 6) is 0.0420. The lowest BCUT2D eigenvalue weighted by Crippen LogP contribution is -2.43. The van der Waals surface area contributed by atoms with Gasteiger partial charge in [0, 0.05) is 44.8 Å². The molecule has 0 spiro atoms. The molecule has 0 saturated carbocycles. The van der Waals surface area contributed by atoms with Crippen LogP contribution in [0.25, 0.3) is 0 Å². The molecule has 1 aromatic rings. The van der Waals surface area contributed by atoms with Gasteiger partial charge in [-0.05, 0) is 36.6 Å². The molecule has 2 aliphatic rings. The van der Waals surface area contributed by atoms with Crippen molar-refractivity contribution in [1.29, 1.82) is 0 Å². The normalized spacial score (nSPS) is 17.2. The van der Waals surface area contributed by atoms with Crippen molar-refractivity contribution < 1.29 is 17.9 Å². The maximum Gasteiger partial charge on any atom is 0.253 e. The average Bonchev–Trinajstić information content (AvgIpc) is 3.17. The van der Waals surface area contributed by atoms with Crippen molar-refractivity contribution in [2.75, 3.05) is 63.0 Å². The van der Waals surface area contributed by atoms with E-state index in [0.717, 1.165) is 57.8 Å². The summed E-state index contributed by atoms with van der Waals surface area (Å²) in [6, 6.07) is 5.45. The summed E-state index contributed by atoms with van der Waals surface area (Å²) in [7, 11) is -3.28. The van der Waals surface area contributed by atoms with E-state index in [9.17, 15) is 13.2 Å². The minimum atomic E-state index is -3.28. The number of ether oxygens (including phenoxy) is 1. The van der Waals surface area contributed by atoms with Crippen LogP contribution < -0.4 is 4.31 Å². The highest BCUT2D eigenvalue weighted by Gasteiger charge is 2.27. The predicted octanol–water partition coefficient (Wildman–Crippen LogP) is 2.36. The Labute approximate surface area is 181 Å². The second-order valence-corrected chi connectivity index (χ2v) is 10.1. The highest BCUT2D eigenvalue weighted by Crippen LogP contribution is 2.31. The second-order valence-electron chi connectivity index (χ2n) is 8.24. The van der Waals surface area contributed by atoms with Gasteiger partial charge in [0.15, 0.2) is 0 Å². The molecule has 0 atom stereocenters. The number of sulfonamides is 1. The Bertz CT molecular complexity index is 822. The van der Waals surface area contributed by atoms with Crippen LogP contribution in [0.2, 0.25) is 0 Å². The van der Waals surface area contributed by atoms with Crippen LogP contribution in [0.4, 0.5) is 5.69 Å². The summed E-state index contributed by atoms with van der Waals surface area (Å²) in [5, 5.41) is 0. The number of morpholine rings is 1. The predicted molar refractivity (Wildman–Crippen MR) is 120 cm³/mol. The molecule has 8 heteroatoms. The molecule has 7 nitrogen and oxygen atoms in total. The van der Waals surface area contributed by atoms with Crippen molar-refractivity contribution in [1.82, 2.24) is 9.80 Å². The molecule has 0 unspecified atom stereocenters. The van der Waals surface area contributed by atoms with Crippen molar-refractivity contribution in [2.45, 2.75) is 39.0 Å². The fourth-order valence-corrected chi connectivity index (χ4v) is 5.12. The van der Waals surface area contributed by atoms with Crippen molar-refractivity contribution in [3.63, 3.8) is 0 Å². The van der Waals surface area contributed by atoms with Crippen LogP contribution >= 0.6 is 0 Å². The monoisotopic (exact) mass is 437 g/mol. The van der Waals surface area contributed by atoms with E-state index in [1.54, 1.807) is 12.1 Å². The minimum absolute atomic E-state index is 0.0420. The van der Waals surface area contributed by atoms with Gasteiger partial charge < -0.3 is 9.64 Å². The molecule has 0 aliphatic carbocycles. The molecule has 168 valence electrons. The molecule has 30 heavy (non-hydrogen) atoms. The first-order chi connectivity index (χ1) is 14.4. The van der Waals surface area contributed by atoms with Crippen molar-refractivity contribution in [2.24, 2.45) is 0 Å². The van der Waals surface area contributed by atoms with Crippen molar-refractivity contribution in [3.8, 4) is 0 Å². The van der Waals surface area contributed by atoms with E-state index in [4.69, 9.17) is 4.74 Å². The second kappa shape index (κ2) is 10.6. The van der Waals surface area contributed by atoms with E-state index in [2.05, 4.69) is 11.8 Å². The van der Waals surface area contributed by atoms with Crippen LogP contribution in [0.15, 0.2) is 18.2 Å². The molecule has 1 fully saturated rings. The minimum Gasteiger partial charge on any atom is -0.379 e. The van der Waals surface area contributed by atoms with E-state index < -0.39 is 10.0 Å². The SMILES string of the molecule is CCCCCCN(CCN1CCOCC1)C(=O)c1ccc2c(c1)CCN2S(C)(=O)=O. The number of rotatable bonds is 10. The molecule has 1 aromatic carbocycles. The van der Waals surface area contributed by atoms with Crippen LogP contribution in [-0.4, -0.2) is 82.9 Å². The molecular formula is C22H35N3O4S. The zero-order valence-corrected chi connectivity index (χ0v) is 19.1. The van der Waals surface area contributed by atoms with Gasteiger partial charge in [0.25, 0.3) is 5.91 Å². The lowest BCUT2D eigenvalue weighted by atomic mass is 10.1.